The lowest BCUT2D eigenvalue weighted by Gasteiger charge is -2.33. The molecule has 1 aliphatic carbocycles. The molecule has 1 saturated heterocycles. The molecule has 140 valence electrons. The van der Waals surface area contributed by atoms with Crippen LogP contribution in [0, 0.1) is 0 Å². The van der Waals surface area contributed by atoms with Crippen molar-refractivity contribution in [2.24, 2.45) is 0 Å². The first-order chi connectivity index (χ1) is 11.9. The highest BCUT2D eigenvalue weighted by molar-refractivity contribution is 7.88. The van der Waals surface area contributed by atoms with E-state index in [1.54, 1.807) is 0 Å². The Kier molecular flexibility index (Phi) is 5.75. The predicted molar refractivity (Wildman–Crippen MR) is 99.7 cm³/mol. The average molecular weight is 369 g/mol. The maximum Gasteiger partial charge on any atom is 0.227 e. The fourth-order valence-electron chi connectivity index (χ4n) is 3.29. The minimum Gasteiger partial charge on any atom is -0.368 e. The second-order valence-electron chi connectivity index (χ2n) is 6.89. The third-order valence-corrected chi connectivity index (χ3v) is 5.47. The number of sulfonamides is 1. The van der Waals surface area contributed by atoms with Crippen molar-refractivity contribution in [3.8, 4) is 0 Å². The van der Waals surface area contributed by atoms with Gasteiger partial charge in [-0.05, 0) is 32.7 Å². The minimum absolute atomic E-state index is 0.349. The molecule has 0 amide bonds. The Balaban J connectivity index is 1.74. The lowest BCUT2D eigenvalue weighted by Crippen LogP contribution is -2.45. The molecule has 0 unspecified atom stereocenters. The number of anilines is 2. The van der Waals surface area contributed by atoms with Crippen molar-refractivity contribution in [3.05, 3.63) is 11.3 Å². The molecule has 0 aromatic carbocycles. The molecular weight excluding hydrogens is 340 g/mol. The quantitative estimate of drug-likeness (QED) is 0.687. The van der Waals surface area contributed by atoms with Crippen LogP contribution in [0.15, 0.2) is 0 Å². The molecule has 0 spiro atoms. The maximum atomic E-state index is 11.2. The zero-order chi connectivity index (χ0) is 17.9. The second kappa shape index (κ2) is 7.84. The summed E-state index contributed by atoms with van der Waals surface area (Å²) in [5.74, 6) is 1.67. The summed E-state index contributed by atoms with van der Waals surface area (Å²) in [5, 5.41) is 3.32. The number of aromatic nitrogens is 2. The standard InChI is InChI=1S/C16H28N6O2S/c1-21-9-11-22(12-10-21)16-19-14-6-4-3-5-13(14)15(20-16)17-7-8-18-25(2,23)24/h18H,3-12H2,1-2H3,(H,17,19,20). The molecule has 2 heterocycles. The highest BCUT2D eigenvalue weighted by atomic mass is 32.2. The van der Waals surface area contributed by atoms with Gasteiger partial charge in [-0.2, -0.15) is 4.98 Å². The summed E-state index contributed by atoms with van der Waals surface area (Å²) in [5.41, 5.74) is 2.34. The summed E-state index contributed by atoms with van der Waals surface area (Å²) in [6.07, 6.45) is 5.47. The average Bonchev–Trinajstić information content (AvgIpc) is 2.58. The molecule has 0 radical (unpaired) electrons. The van der Waals surface area contributed by atoms with Gasteiger partial charge in [0.2, 0.25) is 16.0 Å². The molecule has 25 heavy (non-hydrogen) atoms. The lowest BCUT2D eigenvalue weighted by molar-refractivity contribution is 0.311. The van der Waals surface area contributed by atoms with Crippen molar-refractivity contribution in [2.75, 3.05) is 62.8 Å². The Bertz CT molecular complexity index is 701. The van der Waals surface area contributed by atoms with Crippen molar-refractivity contribution < 1.29 is 8.42 Å². The molecule has 2 N–H and O–H groups in total. The third kappa shape index (κ3) is 5.02. The van der Waals surface area contributed by atoms with Gasteiger partial charge in [-0.1, -0.05) is 0 Å². The van der Waals surface area contributed by atoms with E-state index in [0.29, 0.717) is 13.1 Å². The number of nitrogens with zero attached hydrogens (tertiary/aromatic N) is 4. The van der Waals surface area contributed by atoms with E-state index in [2.05, 4.69) is 26.9 Å². The van der Waals surface area contributed by atoms with Crippen LogP contribution < -0.4 is 14.9 Å². The van der Waals surface area contributed by atoms with Gasteiger partial charge in [-0.15, -0.1) is 0 Å². The van der Waals surface area contributed by atoms with Gasteiger partial charge < -0.3 is 15.1 Å². The van der Waals surface area contributed by atoms with E-state index in [-0.39, 0.29) is 0 Å². The van der Waals surface area contributed by atoms with Crippen LogP contribution in [-0.2, 0) is 22.9 Å². The Labute approximate surface area is 150 Å². The smallest absolute Gasteiger partial charge is 0.227 e. The molecule has 8 nitrogen and oxygen atoms in total. The summed E-state index contributed by atoms with van der Waals surface area (Å²) in [6, 6.07) is 0. The van der Waals surface area contributed by atoms with E-state index < -0.39 is 10.0 Å². The van der Waals surface area contributed by atoms with E-state index in [9.17, 15) is 8.42 Å². The van der Waals surface area contributed by atoms with Gasteiger partial charge in [0.1, 0.15) is 5.82 Å². The van der Waals surface area contributed by atoms with Gasteiger partial charge in [0.15, 0.2) is 0 Å². The number of rotatable bonds is 6. The highest BCUT2D eigenvalue weighted by Gasteiger charge is 2.22. The molecule has 0 bridgehead atoms. The van der Waals surface area contributed by atoms with Gasteiger partial charge in [-0.25, -0.2) is 18.1 Å². The number of fused-ring (bicyclic) bond motifs is 1. The molecule has 9 heteroatoms. The van der Waals surface area contributed by atoms with Crippen LogP contribution >= 0.6 is 0 Å². The van der Waals surface area contributed by atoms with Crippen molar-refractivity contribution in [1.29, 1.82) is 0 Å². The lowest BCUT2D eigenvalue weighted by atomic mass is 9.96. The Morgan fingerprint density at radius 1 is 1.04 bits per heavy atom. The largest absolute Gasteiger partial charge is 0.368 e. The van der Waals surface area contributed by atoms with Crippen LogP contribution in [0.3, 0.4) is 0 Å². The van der Waals surface area contributed by atoms with Crippen molar-refractivity contribution >= 4 is 21.8 Å². The summed E-state index contributed by atoms with van der Waals surface area (Å²) in [6.45, 7) is 4.76. The Hall–Kier alpha value is -1.45. The minimum atomic E-state index is -3.16. The third-order valence-electron chi connectivity index (χ3n) is 4.74. The van der Waals surface area contributed by atoms with E-state index in [0.717, 1.165) is 62.9 Å². The molecule has 0 atom stereocenters. The summed E-state index contributed by atoms with van der Waals surface area (Å²) in [4.78, 5) is 14.2. The van der Waals surface area contributed by atoms with E-state index in [1.165, 1.54) is 18.2 Å². The topological polar surface area (TPSA) is 90.5 Å². The molecule has 1 aliphatic heterocycles. The van der Waals surface area contributed by atoms with Gasteiger partial charge in [0, 0.05) is 44.8 Å². The van der Waals surface area contributed by atoms with Crippen molar-refractivity contribution in [2.45, 2.75) is 25.7 Å². The zero-order valence-electron chi connectivity index (χ0n) is 15.1. The first-order valence-electron chi connectivity index (χ1n) is 8.94. The van der Waals surface area contributed by atoms with Crippen LogP contribution in [0.1, 0.15) is 24.1 Å². The van der Waals surface area contributed by atoms with E-state index in [4.69, 9.17) is 9.97 Å². The predicted octanol–water partition coefficient (Wildman–Crippen LogP) is 0.0683. The van der Waals surface area contributed by atoms with Crippen LogP contribution in [-0.4, -0.2) is 75.9 Å². The number of piperazine rings is 1. The molecule has 2 aliphatic rings. The maximum absolute atomic E-state index is 11.2. The number of nitrogens with one attached hydrogen (secondary N) is 2. The van der Waals surface area contributed by atoms with Gasteiger partial charge in [0.05, 0.1) is 11.9 Å². The fourth-order valence-corrected chi connectivity index (χ4v) is 3.77. The van der Waals surface area contributed by atoms with Gasteiger partial charge in [0.25, 0.3) is 0 Å². The molecule has 1 aromatic rings. The first-order valence-corrected chi connectivity index (χ1v) is 10.8. The Morgan fingerprint density at radius 3 is 2.48 bits per heavy atom. The normalized spacial score (nSPS) is 18.9. The van der Waals surface area contributed by atoms with Crippen molar-refractivity contribution in [3.63, 3.8) is 0 Å². The molecular formula is C16H28N6O2S. The molecule has 1 fully saturated rings. The van der Waals surface area contributed by atoms with Gasteiger partial charge >= 0.3 is 0 Å². The van der Waals surface area contributed by atoms with Crippen LogP contribution in [0.5, 0.6) is 0 Å². The van der Waals surface area contributed by atoms with Crippen LogP contribution in [0.4, 0.5) is 11.8 Å². The van der Waals surface area contributed by atoms with Gasteiger partial charge in [-0.3, -0.25) is 0 Å². The summed E-state index contributed by atoms with van der Waals surface area (Å²) >= 11 is 0. The number of hydrogen-bond acceptors (Lipinski definition) is 7. The SMILES string of the molecule is CN1CCN(c2nc3c(c(NCCNS(C)(=O)=O)n2)CCCC3)CC1. The molecule has 1 aromatic heterocycles. The van der Waals surface area contributed by atoms with Crippen molar-refractivity contribution in [1.82, 2.24) is 19.6 Å². The molecule has 3 rings (SSSR count). The van der Waals surface area contributed by atoms with E-state index in [1.807, 2.05) is 0 Å². The number of hydrogen-bond donors (Lipinski definition) is 2. The number of likely N-dealkylation sites (N-methyl/N-ethyl adjacent to an activating group) is 1. The fraction of sp³-hybridized carbons (Fsp3) is 0.750. The monoisotopic (exact) mass is 368 g/mol. The Morgan fingerprint density at radius 2 is 1.76 bits per heavy atom. The number of aryl methyl sites for hydroxylation is 1. The van der Waals surface area contributed by atoms with E-state index >= 15 is 0 Å². The first kappa shape index (κ1) is 18.3. The summed E-state index contributed by atoms with van der Waals surface area (Å²) < 4.78 is 24.9. The zero-order valence-corrected chi connectivity index (χ0v) is 15.9. The molecule has 0 saturated carbocycles. The van der Waals surface area contributed by atoms with Crippen LogP contribution in [0.2, 0.25) is 0 Å². The second-order valence-corrected chi connectivity index (χ2v) is 8.72. The summed E-state index contributed by atoms with van der Waals surface area (Å²) in [7, 11) is -1.03. The highest BCUT2D eigenvalue weighted by Crippen LogP contribution is 2.28. The van der Waals surface area contributed by atoms with Crippen LogP contribution in [0.25, 0.3) is 0 Å².